The van der Waals surface area contributed by atoms with E-state index in [9.17, 15) is 4.79 Å². The summed E-state index contributed by atoms with van der Waals surface area (Å²) in [6, 6.07) is 18.9. The number of benzene rings is 2. The lowest BCUT2D eigenvalue weighted by molar-refractivity contribution is -0.144. The third-order valence-corrected chi connectivity index (χ3v) is 4.27. The molecular formula is C22H25N3O3. The summed E-state index contributed by atoms with van der Waals surface area (Å²) in [5.41, 5.74) is 0.430. The third kappa shape index (κ3) is 4.76. The van der Waals surface area contributed by atoms with Gasteiger partial charge in [0.15, 0.2) is 6.10 Å². The Labute approximate surface area is 165 Å². The lowest BCUT2D eigenvalue weighted by atomic mass is 10.0. The first kappa shape index (κ1) is 19.6. The number of hydrogen-bond donors (Lipinski definition) is 0. The van der Waals surface area contributed by atoms with Crippen LogP contribution in [0.15, 0.2) is 65.2 Å². The summed E-state index contributed by atoms with van der Waals surface area (Å²) in [6.45, 7) is 7.86. The topological polar surface area (TPSA) is 68.5 Å². The Bertz CT molecular complexity index is 902. The molecule has 3 rings (SSSR count). The minimum Gasteiger partial charge on any atom is -0.481 e. The van der Waals surface area contributed by atoms with E-state index in [2.05, 4.69) is 10.1 Å². The predicted octanol–water partition coefficient (Wildman–Crippen LogP) is 4.33. The number of ether oxygens (including phenoxy) is 1. The maximum Gasteiger partial charge on any atom is 0.264 e. The number of hydrogen-bond acceptors (Lipinski definition) is 5. The van der Waals surface area contributed by atoms with Gasteiger partial charge in [-0.1, -0.05) is 53.7 Å². The van der Waals surface area contributed by atoms with Crippen molar-refractivity contribution in [1.29, 1.82) is 0 Å². The number of carbonyl (C=O) groups is 1. The van der Waals surface area contributed by atoms with Gasteiger partial charge in [-0.3, -0.25) is 4.79 Å². The zero-order valence-electron chi connectivity index (χ0n) is 16.6. The van der Waals surface area contributed by atoms with Gasteiger partial charge in [0, 0.05) is 11.1 Å². The normalized spacial score (nSPS) is 12.4. The van der Waals surface area contributed by atoms with Crippen molar-refractivity contribution in [1.82, 2.24) is 15.0 Å². The van der Waals surface area contributed by atoms with Gasteiger partial charge in [-0.15, -0.1) is 0 Å². The average molecular weight is 379 g/mol. The van der Waals surface area contributed by atoms with Crippen LogP contribution in [0.4, 0.5) is 0 Å². The Balaban J connectivity index is 1.75. The molecule has 0 radical (unpaired) electrons. The van der Waals surface area contributed by atoms with E-state index in [4.69, 9.17) is 9.26 Å². The Morgan fingerprint density at radius 3 is 2.29 bits per heavy atom. The van der Waals surface area contributed by atoms with Crippen LogP contribution in [0.2, 0.25) is 0 Å². The molecule has 6 nitrogen and oxygen atoms in total. The van der Waals surface area contributed by atoms with Crippen LogP contribution in [0.3, 0.4) is 0 Å². The van der Waals surface area contributed by atoms with Gasteiger partial charge in [0.05, 0.1) is 0 Å². The zero-order valence-corrected chi connectivity index (χ0v) is 16.6. The molecule has 0 fully saturated rings. The Kier molecular flexibility index (Phi) is 5.78. The van der Waals surface area contributed by atoms with Crippen LogP contribution in [0.25, 0.3) is 11.4 Å². The highest BCUT2D eigenvalue weighted by atomic mass is 16.5. The van der Waals surface area contributed by atoms with Gasteiger partial charge >= 0.3 is 0 Å². The van der Waals surface area contributed by atoms with E-state index in [1.54, 1.807) is 11.8 Å². The molecule has 0 bridgehead atoms. The van der Waals surface area contributed by atoms with Crippen LogP contribution in [0.1, 0.15) is 33.6 Å². The van der Waals surface area contributed by atoms with Crippen molar-refractivity contribution in [3.8, 4) is 17.1 Å². The van der Waals surface area contributed by atoms with Crippen molar-refractivity contribution >= 4 is 5.91 Å². The maximum absolute atomic E-state index is 13.1. The summed E-state index contributed by atoms with van der Waals surface area (Å²) in [6.07, 6.45) is -0.641. The minimum atomic E-state index is -0.641. The summed E-state index contributed by atoms with van der Waals surface area (Å²) in [5.74, 6) is 1.40. The van der Waals surface area contributed by atoms with Gasteiger partial charge in [-0.25, -0.2) is 0 Å². The fourth-order valence-electron chi connectivity index (χ4n) is 2.78. The van der Waals surface area contributed by atoms with E-state index >= 15 is 0 Å². The second-order valence-corrected chi connectivity index (χ2v) is 7.55. The standard InChI is InChI=1S/C22H25N3O3/c1-16(27-18-13-9-6-10-14-18)21(26)25(22(2,3)4)15-19-23-20(24-28-19)17-11-7-5-8-12-17/h5-14,16H,15H2,1-4H3/t16-/m0/s1. The highest BCUT2D eigenvalue weighted by Crippen LogP contribution is 2.22. The molecule has 0 aliphatic rings. The maximum atomic E-state index is 13.1. The Morgan fingerprint density at radius 2 is 1.68 bits per heavy atom. The summed E-state index contributed by atoms with van der Waals surface area (Å²) in [5, 5.41) is 4.04. The lowest BCUT2D eigenvalue weighted by Gasteiger charge is -2.36. The van der Waals surface area contributed by atoms with E-state index in [0.717, 1.165) is 5.56 Å². The van der Waals surface area contributed by atoms with Gasteiger partial charge < -0.3 is 14.2 Å². The van der Waals surface area contributed by atoms with E-state index in [0.29, 0.717) is 17.5 Å². The molecule has 146 valence electrons. The van der Waals surface area contributed by atoms with Crippen molar-refractivity contribution < 1.29 is 14.1 Å². The van der Waals surface area contributed by atoms with E-state index in [1.807, 2.05) is 81.4 Å². The van der Waals surface area contributed by atoms with E-state index in [1.165, 1.54) is 0 Å². The smallest absolute Gasteiger partial charge is 0.264 e. The fraction of sp³-hybridized carbons (Fsp3) is 0.318. The molecular weight excluding hydrogens is 354 g/mol. The number of rotatable bonds is 6. The average Bonchev–Trinajstić information content (AvgIpc) is 3.15. The number of carbonyl (C=O) groups excluding carboxylic acids is 1. The molecule has 0 saturated heterocycles. The summed E-state index contributed by atoms with van der Waals surface area (Å²) in [7, 11) is 0. The SMILES string of the molecule is C[C@H](Oc1ccccc1)C(=O)N(Cc1nc(-c2ccccc2)no1)C(C)(C)C. The van der Waals surface area contributed by atoms with Gasteiger partial charge in [0.1, 0.15) is 12.3 Å². The van der Waals surface area contributed by atoms with Crippen molar-refractivity contribution in [3.63, 3.8) is 0 Å². The van der Waals surface area contributed by atoms with Gasteiger partial charge in [-0.05, 0) is 39.8 Å². The molecule has 1 atom stereocenters. The van der Waals surface area contributed by atoms with Crippen LogP contribution in [0.5, 0.6) is 5.75 Å². The number of aromatic nitrogens is 2. The van der Waals surface area contributed by atoms with Gasteiger partial charge in [0.25, 0.3) is 5.91 Å². The van der Waals surface area contributed by atoms with Crippen molar-refractivity contribution in [2.24, 2.45) is 0 Å². The first-order chi connectivity index (χ1) is 13.3. The second-order valence-electron chi connectivity index (χ2n) is 7.55. The van der Waals surface area contributed by atoms with Crippen molar-refractivity contribution in [3.05, 3.63) is 66.6 Å². The van der Waals surface area contributed by atoms with Crippen LogP contribution < -0.4 is 4.74 Å². The monoisotopic (exact) mass is 379 g/mol. The van der Waals surface area contributed by atoms with Gasteiger partial charge in [-0.2, -0.15) is 4.98 Å². The molecule has 1 heterocycles. The molecule has 3 aromatic rings. The Hall–Kier alpha value is -3.15. The zero-order chi connectivity index (χ0) is 20.1. The molecule has 1 aromatic heterocycles. The van der Waals surface area contributed by atoms with Crippen LogP contribution >= 0.6 is 0 Å². The van der Waals surface area contributed by atoms with Crippen molar-refractivity contribution in [2.75, 3.05) is 0 Å². The number of amides is 1. The molecule has 0 unspecified atom stereocenters. The van der Waals surface area contributed by atoms with Crippen LogP contribution in [-0.4, -0.2) is 32.6 Å². The molecule has 6 heteroatoms. The molecule has 28 heavy (non-hydrogen) atoms. The number of nitrogens with zero attached hydrogens (tertiary/aromatic N) is 3. The molecule has 1 amide bonds. The summed E-state index contributed by atoms with van der Waals surface area (Å²) >= 11 is 0. The fourth-order valence-corrected chi connectivity index (χ4v) is 2.78. The lowest BCUT2D eigenvalue weighted by Crippen LogP contribution is -2.50. The van der Waals surface area contributed by atoms with E-state index in [-0.39, 0.29) is 12.5 Å². The van der Waals surface area contributed by atoms with Crippen LogP contribution in [0, 0.1) is 0 Å². The predicted molar refractivity (Wildman–Crippen MR) is 107 cm³/mol. The molecule has 0 N–H and O–H groups in total. The number of para-hydroxylation sites is 1. The highest BCUT2D eigenvalue weighted by Gasteiger charge is 2.32. The molecule has 2 aromatic carbocycles. The highest BCUT2D eigenvalue weighted by molar-refractivity contribution is 5.81. The Morgan fingerprint density at radius 1 is 1.07 bits per heavy atom. The van der Waals surface area contributed by atoms with E-state index < -0.39 is 11.6 Å². The summed E-state index contributed by atoms with van der Waals surface area (Å²) < 4.78 is 11.2. The molecule has 0 saturated carbocycles. The molecule has 0 aliphatic carbocycles. The minimum absolute atomic E-state index is 0.143. The quantitative estimate of drug-likeness (QED) is 0.638. The van der Waals surface area contributed by atoms with Crippen LogP contribution in [-0.2, 0) is 11.3 Å². The first-order valence-corrected chi connectivity index (χ1v) is 9.26. The third-order valence-electron chi connectivity index (χ3n) is 4.27. The molecule has 0 aliphatic heterocycles. The molecule has 0 spiro atoms. The summed E-state index contributed by atoms with van der Waals surface area (Å²) in [4.78, 5) is 19.2. The largest absolute Gasteiger partial charge is 0.481 e. The first-order valence-electron chi connectivity index (χ1n) is 9.26. The van der Waals surface area contributed by atoms with Crippen molar-refractivity contribution in [2.45, 2.75) is 45.9 Å². The second kappa shape index (κ2) is 8.25. The van der Waals surface area contributed by atoms with Gasteiger partial charge in [0.2, 0.25) is 11.7 Å².